The molecule has 0 saturated carbocycles. The Morgan fingerprint density at radius 2 is 1.81 bits per heavy atom. The number of methoxy groups -OCH3 is 1. The van der Waals surface area contributed by atoms with E-state index in [2.05, 4.69) is 18.5 Å². The molecule has 3 saturated heterocycles. The molecule has 2 bridgehead atoms. The Kier molecular flexibility index (Phi) is 11.8. The van der Waals surface area contributed by atoms with E-state index in [1.165, 1.54) is 12.0 Å². The number of rotatable bonds is 17. The summed E-state index contributed by atoms with van der Waals surface area (Å²) in [5, 5.41) is 15.5. The molecule has 3 fully saturated rings. The Bertz CT molecular complexity index is 1830. The Morgan fingerprint density at radius 1 is 1.08 bits per heavy atom. The van der Waals surface area contributed by atoms with Gasteiger partial charge in [-0.15, -0.1) is 13.2 Å². The Labute approximate surface area is 310 Å². The van der Waals surface area contributed by atoms with Crippen molar-refractivity contribution in [2.24, 2.45) is 11.8 Å². The quantitative estimate of drug-likeness (QED) is 0.149. The van der Waals surface area contributed by atoms with Gasteiger partial charge in [0, 0.05) is 25.8 Å². The fraction of sp³-hybridized carbons (Fsp3) is 0.429. The van der Waals surface area contributed by atoms with E-state index < -0.39 is 59.6 Å². The number of likely N-dealkylation sites (tertiary alicyclic amines) is 1. The summed E-state index contributed by atoms with van der Waals surface area (Å²) in [7, 11) is 1.50. The second-order valence-electron chi connectivity index (χ2n) is 14.0. The molecule has 1 spiro atoms. The van der Waals surface area contributed by atoms with E-state index >= 15 is 4.79 Å². The van der Waals surface area contributed by atoms with Crippen LogP contribution in [0.25, 0.3) is 10.8 Å². The summed E-state index contributed by atoms with van der Waals surface area (Å²) < 4.78 is 18.5. The molecule has 0 aliphatic carbocycles. The normalized spacial score (nSPS) is 24.7. The number of allylic oxidation sites excluding steroid dienone is 1. The van der Waals surface area contributed by atoms with Crippen LogP contribution >= 0.6 is 0 Å². The van der Waals surface area contributed by atoms with Crippen LogP contribution in [-0.2, 0) is 33.4 Å². The van der Waals surface area contributed by atoms with Crippen LogP contribution in [0.15, 0.2) is 98.1 Å². The molecule has 3 amide bonds. The number of aliphatic hydroxyl groups is 1. The number of esters is 1. The van der Waals surface area contributed by atoms with Gasteiger partial charge < -0.3 is 34.4 Å². The first-order valence-corrected chi connectivity index (χ1v) is 18.4. The zero-order valence-electron chi connectivity index (χ0n) is 30.4. The van der Waals surface area contributed by atoms with Gasteiger partial charge in [0.2, 0.25) is 11.8 Å². The zero-order chi connectivity index (χ0) is 37.7. The lowest BCUT2D eigenvalue weighted by Crippen LogP contribution is -2.59. The second kappa shape index (κ2) is 16.4. The predicted molar refractivity (Wildman–Crippen MR) is 201 cm³/mol. The van der Waals surface area contributed by atoms with Crippen molar-refractivity contribution in [3.05, 3.63) is 104 Å². The Balaban J connectivity index is 1.36. The average Bonchev–Trinajstić information content (AvgIpc) is 3.83. The molecule has 0 radical (unpaired) electrons. The first-order chi connectivity index (χ1) is 25.7. The third-order valence-electron chi connectivity index (χ3n) is 10.9. The van der Waals surface area contributed by atoms with Crippen molar-refractivity contribution in [1.29, 1.82) is 0 Å². The maximum absolute atomic E-state index is 15.0. The van der Waals surface area contributed by atoms with E-state index in [1.807, 2.05) is 67.6 Å². The largest absolute Gasteiger partial charge is 0.455 e. The van der Waals surface area contributed by atoms with Gasteiger partial charge in [-0.05, 0) is 54.2 Å². The van der Waals surface area contributed by atoms with Crippen molar-refractivity contribution in [2.45, 2.75) is 75.0 Å². The number of ether oxygens (including phenoxy) is 3. The topological polar surface area (TPSA) is 135 Å². The summed E-state index contributed by atoms with van der Waals surface area (Å²) in [6.07, 6.45) is 3.54. The highest BCUT2D eigenvalue weighted by Gasteiger charge is 2.75. The number of nitrogens with zero attached hydrogens (tertiary/aromatic N) is 2. The number of amides is 3. The minimum absolute atomic E-state index is 0.0521. The van der Waals surface area contributed by atoms with Crippen molar-refractivity contribution in [2.75, 3.05) is 31.8 Å². The molecule has 8 atom stereocenters. The molecule has 2 N–H and O–H groups in total. The lowest BCUT2D eigenvalue weighted by Gasteiger charge is -2.39. The van der Waals surface area contributed by atoms with E-state index in [0.717, 1.165) is 10.8 Å². The molecule has 11 heteroatoms. The average molecular weight is 724 g/mol. The number of hydrogen-bond donors (Lipinski definition) is 2. The van der Waals surface area contributed by atoms with Gasteiger partial charge in [0.05, 0.1) is 43.2 Å². The highest BCUT2D eigenvalue weighted by atomic mass is 16.6. The van der Waals surface area contributed by atoms with Crippen molar-refractivity contribution >= 4 is 40.2 Å². The molecule has 0 aromatic heterocycles. The summed E-state index contributed by atoms with van der Waals surface area (Å²) in [5.74, 6) is -3.75. The third-order valence-corrected chi connectivity index (χ3v) is 10.9. The molecular weight excluding hydrogens is 674 g/mol. The number of hydrogen-bond acceptors (Lipinski definition) is 8. The predicted octanol–water partition coefficient (Wildman–Crippen LogP) is 4.89. The molecule has 11 nitrogen and oxygen atoms in total. The van der Waals surface area contributed by atoms with Crippen LogP contribution in [0.5, 0.6) is 0 Å². The summed E-state index contributed by atoms with van der Waals surface area (Å²) >= 11 is 0. The molecule has 0 unspecified atom stereocenters. The molecule has 53 heavy (non-hydrogen) atoms. The highest BCUT2D eigenvalue weighted by molar-refractivity contribution is 6.05. The molecular formula is C42H49N3O8. The van der Waals surface area contributed by atoms with Crippen LogP contribution in [0.2, 0.25) is 0 Å². The molecule has 280 valence electrons. The van der Waals surface area contributed by atoms with E-state index in [1.54, 1.807) is 29.2 Å². The fourth-order valence-corrected chi connectivity index (χ4v) is 8.51. The van der Waals surface area contributed by atoms with Crippen LogP contribution in [0.3, 0.4) is 0 Å². The fourth-order valence-electron chi connectivity index (χ4n) is 8.51. The van der Waals surface area contributed by atoms with Crippen LogP contribution in [0.1, 0.15) is 50.7 Å². The Hall–Kier alpha value is -4.84. The summed E-state index contributed by atoms with van der Waals surface area (Å²) in [6, 6.07) is 20.1. The lowest BCUT2D eigenvalue weighted by molar-refractivity contribution is -0.163. The minimum atomic E-state index is -1.32. The first kappa shape index (κ1) is 37.9. The van der Waals surface area contributed by atoms with Gasteiger partial charge in [0.15, 0.2) is 0 Å². The zero-order valence-corrected chi connectivity index (χ0v) is 30.4. The van der Waals surface area contributed by atoms with Crippen LogP contribution in [0, 0.1) is 11.8 Å². The second-order valence-corrected chi connectivity index (χ2v) is 14.0. The number of carbonyl (C=O) groups is 4. The van der Waals surface area contributed by atoms with Crippen molar-refractivity contribution < 1.29 is 38.5 Å². The molecule has 3 aliphatic rings. The van der Waals surface area contributed by atoms with Gasteiger partial charge in [-0.2, -0.15) is 0 Å². The number of anilines is 1. The van der Waals surface area contributed by atoms with E-state index in [4.69, 9.17) is 14.2 Å². The lowest BCUT2D eigenvalue weighted by atomic mass is 9.70. The smallest absolute Gasteiger partial charge is 0.313 e. The SMILES string of the molecule is C=CCCC(=O)N[C@@H](COC)[C@@H](OC(=O)[C@@H]1[C@H]2C(=O)N([C@@H](CC)CO)[C@H](C(=O)N(CC=C)c3ccc4ccccc4c3)[C@]23CC[C@H]1O3)c1ccccc1. The van der Waals surface area contributed by atoms with Gasteiger partial charge >= 0.3 is 5.97 Å². The number of benzene rings is 3. The number of fused-ring (bicyclic) bond motifs is 2. The molecule has 3 heterocycles. The van der Waals surface area contributed by atoms with E-state index in [-0.39, 0.29) is 38.0 Å². The first-order valence-electron chi connectivity index (χ1n) is 18.4. The summed E-state index contributed by atoms with van der Waals surface area (Å²) in [4.78, 5) is 60.3. The van der Waals surface area contributed by atoms with Crippen molar-refractivity contribution in [3.8, 4) is 0 Å². The van der Waals surface area contributed by atoms with Gasteiger partial charge in [0.25, 0.3) is 5.91 Å². The minimum Gasteiger partial charge on any atom is -0.455 e. The number of carbonyl (C=O) groups excluding carboxylic acids is 4. The third kappa shape index (κ3) is 7.13. The van der Waals surface area contributed by atoms with Crippen LogP contribution in [0.4, 0.5) is 5.69 Å². The summed E-state index contributed by atoms with van der Waals surface area (Å²) in [5.41, 5.74) is -0.0552. The monoisotopic (exact) mass is 723 g/mol. The van der Waals surface area contributed by atoms with E-state index in [9.17, 15) is 19.5 Å². The van der Waals surface area contributed by atoms with Gasteiger partial charge in [-0.3, -0.25) is 19.2 Å². The standard InChI is InChI=1S/C42H49N3O8/c1-5-8-18-34(47)43-32(26-51-4)37(28-15-10-9-11-16-28)52-41(50)35-33-21-22-42(53-33)36(35)39(48)45(30(7-3)25-46)38(42)40(49)44(23-6-2)31-20-19-27-14-12-13-17-29(27)24-31/h5-6,9-17,19-20,24,30,32-33,35-38,46H,1-2,7-8,18,21-23,25-26H2,3-4H3,(H,43,47)/t30-,32-,33+,35-,36-,37-,38+,42-/m0/s1. The summed E-state index contributed by atoms with van der Waals surface area (Å²) in [6.45, 7) is 9.30. The van der Waals surface area contributed by atoms with Crippen LogP contribution in [-0.4, -0.2) is 90.4 Å². The molecule has 3 aromatic carbocycles. The maximum atomic E-state index is 15.0. The molecule has 3 aromatic rings. The Morgan fingerprint density at radius 3 is 2.49 bits per heavy atom. The van der Waals surface area contributed by atoms with Gasteiger partial charge in [0.1, 0.15) is 17.7 Å². The van der Waals surface area contributed by atoms with Crippen molar-refractivity contribution in [1.82, 2.24) is 10.2 Å². The highest BCUT2D eigenvalue weighted by Crippen LogP contribution is 2.59. The van der Waals surface area contributed by atoms with E-state index in [0.29, 0.717) is 36.9 Å². The molecule has 3 aliphatic heterocycles. The maximum Gasteiger partial charge on any atom is 0.313 e. The number of nitrogens with one attached hydrogen (secondary N) is 1. The van der Waals surface area contributed by atoms with Crippen LogP contribution < -0.4 is 10.2 Å². The van der Waals surface area contributed by atoms with Gasteiger partial charge in [-0.1, -0.05) is 79.7 Å². The molecule has 6 rings (SSSR count). The number of aliphatic hydroxyl groups excluding tert-OH is 1. The van der Waals surface area contributed by atoms with Crippen molar-refractivity contribution in [3.63, 3.8) is 0 Å². The van der Waals surface area contributed by atoms with Gasteiger partial charge in [-0.25, -0.2) is 0 Å².